The summed E-state index contributed by atoms with van der Waals surface area (Å²) in [5.74, 6) is 0.982. The van der Waals surface area contributed by atoms with Crippen LogP contribution in [0.1, 0.15) is 39.0 Å². The van der Waals surface area contributed by atoms with Gasteiger partial charge in [-0.1, -0.05) is 19.1 Å². The molecule has 1 saturated heterocycles. The van der Waals surface area contributed by atoms with Gasteiger partial charge in [-0.25, -0.2) is 0 Å². The lowest BCUT2D eigenvalue weighted by Crippen LogP contribution is -2.25. The van der Waals surface area contributed by atoms with Gasteiger partial charge in [0, 0.05) is 13.0 Å². The van der Waals surface area contributed by atoms with E-state index in [-0.39, 0.29) is 0 Å². The molecular weight excluding hydrogens is 166 g/mol. The minimum atomic E-state index is 0.542. The van der Waals surface area contributed by atoms with Gasteiger partial charge in [0.25, 0.3) is 0 Å². The van der Waals surface area contributed by atoms with Gasteiger partial charge < -0.3 is 5.32 Å². The first-order valence-corrected chi connectivity index (χ1v) is 5.38. The van der Waals surface area contributed by atoms with Gasteiger partial charge in [-0.3, -0.25) is 0 Å². The van der Waals surface area contributed by atoms with Crippen LogP contribution >= 0.6 is 12.2 Å². The molecule has 0 spiro atoms. The maximum absolute atomic E-state index is 5.28. The highest BCUT2D eigenvalue weighted by atomic mass is 32.1. The quantitative estimate of drug-likeness (QED) is 0.627. The molecule has 1 saturated carbocycles. The summed E-state index contributed by atoms with van der Waals surface area (Å²) in [6, 6.07) is 0. The number of hydrogen-bond acceptors (Lipinski definition) is 1. The number of rotatable bonds is 1. The maximum atomic E-state index is 5.28. The van der Waals surface area contributed by atoms with Crippen LogP contribution in [0.2, 0.25) is 0 Å². The highest BCUT2D eigenvalue weighted by Gasteiger charge is 2.42. The van der Waals surface area contributed by atoms with Crippen molar-refractivity contribution >= 4 is 17.2 Å². The van der Waals surface area contributed by atoms with Crippen molar-refractivity contribution in [3.05, 3.63) is 0 Å². The van der Waals surface area contributed by atoms with Crippen molar-refractivity contribution in [1.29, 1.82) is 0 Å². The summed E-state index contributed by atoms with van der Waals surface area (Å²) in [6.07, 6.45) is 6.68. The molecule has 1 N–H and O–H groups in total. The second-order valence-corrected chi connectivity index (χ2v) is 5.05. The second-order valence-electron chi connectivity index (χ2n) is 4.56. The van der Waals surface area contributed by atoms with Gasteiger partial charge in [0.15, 0.2) is 0 Å². The van der Waals surface area contributed by atoms with E-state index in [4.69, 9.17) is 12.2 Å². The van der Waals surface area contributed by atoms with E-state index in [1.165, 1.54) is 25.7 Å². The zero-order chi connectivity index (χ0) is 8.60. The van der Waals surface area contributed by atoms with Crippen molar-refractivity contribution in [2.24, 2.45) is 11.3 Å². The predicted octanol–water partition coefficient (Wildman–Crippen LogP) is 2.50. The molecule has 1 nitrogen and oxygen atoms in total. The second kappa shape index (κ2) is 2.99. The molecule has 1 atom stereocenters. The molecule has 12 heavy (non-hydrogen) atoms. The lowest BCUT2D eigenvalue weighted by molar-refractivity contribution is 0.263. The molecule has 1 aliphatic heterocycles. The van der Waals surface area contributed by atoms with Crippen LogP contribution < -0.4 is 5.32 Å². The van der Waals surface area contributed by atoms with Crippen molar-refractivity contribution in [3.63, 3.8) is 0 Å². The minimum Gasteiger partial charge on any atom is -0.380 e. The van der Waals surface area contributed by atoms with Gasteiger partial charge in [-0.15, -0.1) is 0 Å². The zero-order valence-corrected chi connectivity index (χ0v) is 8.54. The summed E-state index contributed by atoms with van der Waals surface area (Å²) in [6.45, 7) is 3.52. The smallest absolute Gasteiger partial charge is 0.0758 e. The van der Waals surface area contributed by atoms with Gasteiger partial charge in [0.2, 0.25) is 0 Å². The van der Waals surface area contributed by atoms with Gasteiger partial charge in [-0.2, -0.15) is 0 Å². The van der Waals surface area contributed by atoms with E-state index < -0.39 is 0 Å². The van der Waals surface area contributed by atoms with Crippen LogP contribution in [0.5, 0.6) is 0 Å². The van der Waals surface area contributed by atoms with E-state index in [0.717, 1.165) is 23.9 Å². The Balaban J connectivity index is 2.06. The van der Waals surface area contributed by atoms with E-state index >= 15 is 0 Å². The molecule has 1 aliphatic carbocycles. The zero-order valence-electron chi connectivity index (χ0n) is 7.73. The van der Waals surface area contributed by atoms with Crippen LogP contribution in [0.3, 0.4) is 0 Å². The van der Waals surface area contributed by atoms with E-state index in [9.17, 15) is 0 Å². The average molecular weight is 183 g/mol. The van der Waals surface area contributed by atoms with Crippen LogP contribution in [-0.4, -0.2) is 11.5 Å². The summed E-state index contributed by atoms with van der Waals surface area (Å²) in [5, 5.41) is 3.31. The van der Waals surface area contributed by atoms with Crippen molar-refractivity contribution in [2.45, 2.75) is 39.0 Å². The molecule has 2 aliphatic rings. The molecule has 0 aromatic heterocycles. The Bertz CT molecular complexity index is 198. The fourth-order valence-electron chi connectivity index (χ4n) is 2.37. The highest BCUT2D eigenvalue weighted by molar-refractivity contribution is 7.80. The summed E-state index contributed by atoms with van der Waals surface area (Å²) < 4.78 is 0. The number of hydrogen-bond donors (Lipinski definition) is 1. The Morgan fingerprint density at radius 2 is 2.25 bits per heavy atom. The summed E-state index contributed by atoms with van der Waals surface area (Å²) >= 11 is 5.28. The maximum Gasteiger partial charge on any atom is 0.0758 e. The van der Waals surface area contributed by atoms with Crippen LogP contribution in [0, 0.1) is 11.3 Å². The summed E-state index contributed by atoms with van der Waals surface area (Å²) in [4.78, 5) is 1.10. The summed E-state index contributed by atoms with van der Waals surface area (Å²) in [5.41, 5.74) is 0.542. The standard InChI is InChI=1S/C10H17NS/c1-10(8-3-4-8)5-2-6-11-9(12)7-10/h8H,2-7H2,1H3,(H,11,12). The van der Waals surface area contributed by atoms with Crippen LogP contribution in [0.25, 0.3) is 0 Å². The monoisotopic (exact) mass is 183 g/mol. The molecular formula is C10H17NS. The van der Waals surface area contributed by atoms with Crippen LogP contribution in [0.4, 0.5) is 0 Å². The fourth-order valence-corrected chi connectivity index (χ4v) is 2.80. The predicted molar refractivity (Wildman–Crippen MR) is 55.3 cm³/mol. The third-order valence-corrected chi connectivity index (χ3v) is 3.66. The van der Waals surface area contributed by atoms with E-state index in [0.29, 0.717) is 5.41 Å². The summed E-state index contributed by atoms with van der Waals surface area (Å²) in [7, 11) is 0. The molecule has 2 fully saturated rings. The highest BCUT2D eigenvalue weighted by Crippen LogP contribution is 2.50. The molecule has 68 valence electrons. The Morgan fingerprint density at radius 3 is 2.92 bits per heavy atom. The SMILES string of the molecule is CC1(C2CC2)CCCNC(=S)C1. The Hall–Kier alpha value is -0.110. The third kappa shape index (κ3) is 1.63. The Morgan fingerprint density at radius 1 is 1.50 bits per heavy atom. The van der Waals surface area contributed by atoms with E-state index in [1.807, 2.05) is 0 Å². The van der Waals surface area contributed by atoms with Gasteiger partial charge >= 0.3 is 0 Å². The fraction of sp³-hybridized carbons (Fsp3) is 0.900. The molecule has 2 rings (SSSR count). The molecule has 0 radical (unpaired) electrons. The first-order chi connectivity index (χ1) is 5.71. The average Bonchev–Trinajstić information content (AvgIpc) is 2.76. The molecule has 0 aromatic carbocycles. The van der Waals surface area contributed by atoms with Gasteiger partial charge in [-0.05, 0) is 37.0 Å². The first kappa shape index (κ1) is 8.49. The topological polar surface area (TPSA) is 12.0 Å². The molecule has 2 heteroatoms. The molecule has 1 heterocycles. The molecule has 0 aromatic rings. The molecule has 1 unspecified atom stereocenters. The Kier molecular flexibility index (Phi) is 2.11. The molecule has 0 amide bonds. The first-order valence-electron chi connectivity index (χ1n) is 4.97. The number of thiocarbonyl (C=S) groups is 1. The van der Waals surface area contributed by atoms with Crippen molar-refractivity contribution < 1.29 is 0 Å². The van der Waals surface area contributed by atoms with Gasteiger partial charge in [0.1, 0.15) is 0 Å². The number of nitrogens with one attached hydrogen (secondary N) is 1. The van der Waals surface area contributed by atoms with Crippen molar-refractivity contribution in [2.75, 3.05) is 6.54 Å². The normalized spacial score (nSPS) is 37.2. The van der Waals surface area contributed by atoms with Gasteiger partial charge in [0.05, 0.1) is 4.99 Å². The van der Waals surface area contributed by atoms with Crippen molar-refractivity contribution in [3.8, 4) is 0 Å². The van der Waals surface area contributed by atoms with Crippen LogP contribution in [0.15, 0.2) is 0 Å². The lowest BCUT2D eigenvalue weighted by Gasteiger charge is -2.27. The molecule has 0 bridgehead atoms. The minimum absolute atomic E-state index is 0.542. The largest absolute Gasteiger partial charge is 0.380 e. The van der Waals surface area contributed by atoms with E-state index in [1.54, 1.807) is 0 Å². The third-order valence-electron chi connectivity index (χ3n) is 3.37. The lowest BCUT2D eigenvalue weighted by atomic mass is 9.78. The Labute approximate surface area is 79.9 Å². The van der Waals surface area contributed by atoms with Crippen molar-refractivity contribution in [1.82, 2.24) is 5.32 Å². The van der Waals surface area contributed by atoms with E-state index in [2.05, 4.69) is 12.2 Å². The van der Waals surface area contributed by atoms with Crippen LogP contribution in [-0.2, 0) is 0 Å².